The fourth-order valence-electron chi connectivity index (χ4n) is 2.47. The number of nitrogens with zero attached hydrogens (tertiary/aromatic N) is 1. The molecule has 0 aromatic heterocycles. The molecular weight excluding hydrogens is 355 g/mol. The molecule has 21 heavy (non-hydrogen) atoms. The Balaban J connectivity index is 2.24. The molecule has 1 heterocycles. The average molecular weight is 372 g/mol. The van der Waals surface area contributed by atoms with Crippen LogP contribution < -0.4 is 5.32 Å². The summed E-state index contributed by atoms with van der Waals surface area (Å²) in [6, 6.07) is 2.77. The molecule has 1 saturated heterocycles. The lowest BCUT2D eigenvalue weighted by atomic mass is 10.00. The number of rotatable bonds is 4. The van der Waals surface area contributed by atoms with Crippen molar-refractivity contribution in [3.05, 3.63) is 27.2 Å². The largest absolute Gasteiger partial charge is 0.316 e. The Morgan fingerprint density at radius 3 is 2.43 bits per heavy atom. The first-order chi connectivity index (χ1) is 9.82. The lowest BCUT2D eigenvalue weighted by Gasteiger charge is -2.27. The van der Waals surface area contributed by atoms with Gasteiger partial charge in [0.1, 0.15) is 4.90 Å². The molecule has 0 spiro atoms. The van der Waals surface area contributed by atoms with E-state index < -0.39 is 10.0 Å². The van der Waals surface area contributed by atoms with E-state index in [0.29, 0.717) is 17.5 Å². The van der Waals surface area contributed by atoms with Crippen LogP contribution in [-0.4, -0.2) is 39.4 Å². The van der Waals surface area contributed by atoms with Crippen molar-refractivity contribution in [2.45, 2.75) is 17.7 Å². The number of piperidine rings is 1. The van der Waals surface area contributed by atoms with Gasteiger partial charge < -0.3 is 5.32 Å². The first kappa shape index (κ1) is 17.3. The zero-order chi connectivity index (χ0) is 15.6. The summed E-state index contributed by atoms with van der Waals surface area (Å²) in [7, 11) is -2.19. The van der Waals surface area contributed by atoms with Gasteiger partial charge in [-0.1, -0.05) is 34.8 Å². The predicted molar refractivity (Wildman–Crippen MR) is 86.9 cm³/mol. The Morgan fingerprint density at radius 1 is 1.29 bits per heavy atom. The van der Waals surface area contributed by atoms with E-state index in [4.69, 9.17) is 34.8 Å². The molecule has 0 bridgehead atoms. The minimum atomic E-state index is -3.73. The Hall–Kier alpha value is -0.0400. The highest BCUT2D eigenvalue weighted by Crippen LogP contribution is 2.34. The van der Waals surface area contributed by atoms with Crippen LogP contribution in [0.5, 0.6) is 0 Å². The molecule has 0 amide bonds. The molecule has 1 fully saturated rings. The molecule has 0 radical (unpaired) electrons. The third-order valence-electron chi connectivity index (χ3n) is 3.55. The molecule has 1 aliphatic heterocycles. The summed E-state index contributed by atoms with van der Waals surface area (Å²) in [6.45, 7) is 2.24. The van der Waals surface area contributed by atoms with Crippen LogP contribution in [0.2, 0.25) is 15.1 Å². The highest BCUT2D eigenvalue weighted by molar-refractivity contribution is 7.89. The molecule has 2 rings (SSSR count). The fourth-order valence-corrected chi connectivity index (χ4v) is 5.20. The zero-order valence-corrected chi connectivity index (χ0v) is 14.7. The summed E-state index contributed by atoms with van der Waals surface area (Å²) < 4.78 is 26.6. The smallest absolute Gasteiger partial charge is 0.245 e. The highest BCUT2D eigenvalue weighted by Gasteiger charge is 2.29. The van der Waals surface area contributed by atoms with Gasteiger partial charge in [0, 0.05) is 18.6 Å². The molecule has 1 aromatic carbocycles. The number of hydrogen-bond acceptors (Lipinski definition) is 3. The fraction of sp³-hybridized carbons (Fsp3) is 0.538. The first-order valence-electron chi connectivity index (χ1n) is 6.64. The van der Waals surface area contributed by atoms with Crippen LogP contribution >= 0.6 is 34.8 Å². The zero-order valence-electron chi connectivity index (χ0n) is 11.6. The average Bonchev–Trinajstić information content (AvgIpc) is 2.38. The summed E-state index contributed by atoms with van der Waals surface area (Å²) >= 11 is 17.9. The van der Waals surface area contributed by atoms with Crippen molar-refractivity contribution in [1.29, 1.82) is 0 Å². The lowest BCUT2D eigenvalue weighted by Crippen LogP contribution is -2.39. The summed E-state index contributed by atoms with van der Waals surface area (Å²) in [5, 5.41) is 3.66. The molecule has 0 saturated carbocycles. The predicted octanol–water partition coefficient (Wildman–Crippen LogP) is 3.27. The summed E-state index contributed by atoms with van der Waals surface area (Å²) in [5.74, 6) is 0.295. The van der Waals surface area contributed by atoms with Gasteiger partial charge >= 0.3 is 0 Å². The topological polar surface area (TPSA) is 49.4 Å². The molecule has 1 aliphatic rings. The molecular formula is C13H17Cl3N2O2S. The van der Waals surface area contributed by atoms with Crippen LogP contribution in [0, 0.1) is 5.92 Å². The van der Waals surface area contributed by atoms with Crippen LogP contribution in [0.3, 0.4) is 0 Å². The number of benzene rings is 1. The van der Waals surface area contributed by atoms with Crippen molar-refractivity contribution < 1.29 is 8.42 Å². The van der Waals surface area contributed by atoms with Crippen LogP contribution in [-0.2, 0) is 10.0 Å². The molecule has 1 atom stereocenters. The van der Waals surface area contributed by atoms with Gasteiger partial charge in [0.15, 0.2) is 0 Å². The summed E-state index contributed by atoms with van der Waals surface area (Å²) in [6.07, 6.45) is 2.07. The maximum Gasteiger partial charge on any atom is 0.245 e. The van der Waals surface area contributed by atoms with Crippen molar-refractivity contribution in [3.8, 4) is 0 Å². The van der Waals surface area contributed by atoms with Gasteiger partial charge in [0.25, 0.3) is 0 Å². The maximum absolute atomic E-state index is 12.7. The van der Waals surface area contributed by atoms with Gasteiger partial charge in [-0.15, -0.1) is 0 Å². The van der Waals surface area contributed by atoms with Crippen molar-refractivity contribution in [1.82, 2.24) is 9.62 Å². The van der Waals surface area contributed by atoms with Gasteiger partial charge in [0.2, 0.25) is 10.0 Å². The second kappa shape index (κ2) is 7.02. The van der Waals surface area contributed by atoms with Crippen LogP contribution in [0.1, 0.15) is 12.8 Å². The van der Waals surface area contributed by atoms with Gasteiger partial charge in [-0.3, -0.25) is 0 Å². The molecule has 118 valence electrons. The normalized spacial score (nSPS) is 20.0. The van der Waals surface area contributed by atoms with Gasteiger partial charge in [-0.2, -0.15) is 0 Å². The second-order valence-corrected chi connectivity index (χ2v) is 8.43. The van der Waals surface area contributed by atoms with E-state index >= 15 is 0 Å². The van der Waals surface area contributed by atoms with Crippen molar-refractivity contribution in [3.63, 3.8) is 0 Å². The first-order valence-corrected chi connectivity index (χ1v) is 9.21. The Kier molecular flexibility index (Phi) is 5.79. The Morgan fingerprint density at radius 2 is 1.90 bits per heavy atom. The Bertz CT molecular complexity index is 593. The van der Waals surface area contributed by atoms with Crippen LogP contribution in [0.15, 0.2) is 17.0 Å². The monoisotopic (exact) mass is 370 g/mol. The third kappa shape index (κ3) is 4.03. The minimum Gasteiger partial charge on any atom is -0.316 e. The number of hydrogen-bond donors (Lipinski definition) is 1. The van der Waals surface area contributed by atoms with E-state index in [2.05, 4.69) is 5.32 Å². The number of nitrogens with one attached hydrogen (secondary N) is 1. The summed E-state index contributed by atoms with van der Waals surface area (Å²) in [4.78, 5) is -0.0819. The van der Waals surface area contributed by atoms with E-state index in [1.807, 2.05) is 0 Å². The standard InChI is InChI=1S/C13H17Cl3N2O2S/c1-18(8-9-3-2-4-17-7-9)21(19,20)13-11(15)5-10(14)6-12(13)16/h5-6,9,17H,2-4,7-8H2,1H3. The van der Waals surface area contributed by atoms with E-state index in [1.165, 1.54) is 16.4 Å². The van der Waals surface area contributed by atoms with Gasteiger partial charge in [-0.25, -0.2) is 12.7 Å². The van der Waals surface area contributed by atoms with Crippen molar-refractivity contribution in [2.24, 2.45) is 5.92 Å². The van der Waals surface area contributed by atoms with Gasteiger partial charge in [0.05, 0.1) is 10.0 Å². The molecule has 1 unspecified atom stereocenters. The minimum absolute atomic E-state index is 0.0427. The molecule has 8 heteroatoms. The highest BCUT2D eigenvalue weighted by atomic mass is 35.5. The SMILES string of the molecule is CN(CC1CCCNC1)S(=O)(=O)c1c(Cl)cc(Cl)cc1Cl. The van der Waals surface area contributed by atoms with Gasteiger partial charge in [-0.05, 0) is 44.0 Å². The third-order valence-corrected chi connectivity index (χ3v) is 6.51. The summed E-state index contributed by atoms with van der Waals surface area (Å²) in [5.41, 5.74) is 0. The quantitative estimate of drug-likeness (QED) is 0.883. The Labute approximate surface area is 140 Å². The lowest BCUT2D eigenvalue weighted by molar-refractivity contribution is 0.315. The molecule has 1 aromatic rings. The van der Waals surface area contributed by atoms with Crippen LogP contribution in [0.25, 0.3) is 0 Å². The second-order valence-electron chi connectivity index (χ2n) is 5.20. The number of halogens is 3. The molecule has 0 aliphatic carbocycles. The molecule has 4 nitrogen and oxygen atoms in total. The number of sulfonamides is 1. The van der Waals surface area contributed by atoms with E-state index in [-0.39, 0.29) is 14.9 Å². The van der Waals surface area contributed by atoms with E-state index in [1.54, 1.807) is 7.05 Å². The maximum atomic E-state index is 12.7. The van der Waals surface area contributed by atoms with Crippen molar-refractivity contribution in [2.75, 3.05) is 26.7 Å². The van der Waals surface area contributed by atoms with Crippen LogP contribution in [0.4, 0.5) is 0 Å². The molecule has 1 N–H and O–H groups in total. The van der Waals surface area contributed by atoms with E-state index in [9.17, 15) is 8.42 Å². The van der Waals surface area contributed by atoms with E-state index in [0.717, 1.165) is 25.9 Å². The van der Waals surface area contributed by atoms with Crippen molar-refractivity contribution >= 4 is 44.8 Å².